The highest BCUT2D eigenvalue weighted by Crippen LogP contribution is 2.15. The molecule has 8 heteroatoms. The van der Waals surface area contributed by atoms with Crippen LogP contribution in [-0.2, 0) is 14.8 Å². The Balaban J connectivity index is 2.70. The largest absolute Gasteiger partial charge is 0.367 e. The lowest BCUT2D eigenvalue weighted by molar-refractivity contribution is -0.134. The maximum Gasteiger partial charge on any atom is 0.232 e. The second-order valence-corrected chi connectivity index (χ2v) is 5.89. The van der Waals surface area contributed by atoms with Crippen LogP contribution in [0.1, 0.15) is 6.92 Å². The summed E-state index contributed by atoms with van der Waals surface area (Å²) in [5, 5.41) is 20.2. The van der Waals surface area contributed by atoms with Crippen molar-refractivity contribution in [2.75, 3.05) is 16.3 Å². The molecule has 0 bridgehead atoms. The fourth-order valence-electron chi connectivity index (χ4n) is 1.23. The number of carbonyl (C=O) groups excluding carboxylic acids is 1. The average molecular weight is 288 g/mol. The van der Waals surface area contributed by atoms with E-state index in [1.54, 1.807) is 0 Å². The molecule has 0 saturated carbocycles. The normalized spacial score (nSPS) is 13.1. The fraction of sp³-hybridized carbons (Fsp3) is 0.364. The van der Waals surface area contributed by atoms with Gasteiger partial charge in [0.25, 0.3) is 0 Å². The van der Waals surface area contributed by atoms with Crippen LogP contribution in [0.15, 0.2) is 24.3 Å². The summed E-state index contributed by atoms with van der Waals surface area (Å²) in [6.45, 7) is 1.37. The molecule has 1 amide bonds. The molecule has 1 aromatic rings. The van der Waals surface area contributed by atoms with Gasteiger partial charge in [-0.3, -0.25) is 9.52 Å². The zero-order valence-electron chi connectivity index (χ0n) is 10.5. The van der Waals surface area contributed by atoms with Crippen molar-refractivity contribution in [1.29, 1.82) is 0 Å². The molecule has 0 aliphatic rings. The highest BCUT2D eigenvalue weighted by Gasteiger charge is 2.19. The highest BCUT2D eigenvalue weighted by molar-refractivity contribution is 7.92. The van der Waals surface area contributed by atoms with Gasteiger partial charge in [0.1, 0.15) is 0 Å². The molecule has 4 N–H and O–H groups in total. The summed E-state index contributed by atoms with van der Waals surface area (Å²) < 4.78 is 24.3. The van der Waals surface area contributed by atoms with E-state index in [2.05, 4.69) is 10.0 Å². The Morgan fingerprint density at radius 1 is 1.16 bits per heavy atom. The van der Waals surface area contributed by atoms with E-state index in [0.29, 0.717) is 11.4 Å². The van der Waals surface area contributed by atoms with Crippen LogP contribution >= 0.6 is 0 Å². The monoisotopic (exact) mass is 288 g/mol. The number of rotatable bonds is 5. The first-order chi connectivity index (χ1) is 8.69. The number of aliphatic hydroxyl groups is 2. The lowest BCUT2D eigenvalue weighted by Gasteiger charge is -2.14. The molecule has 0 spiro atoms. The molecule has 0 heterocycles. The molecule has 19 heavy (non-hydrogen) atoms. The topological polar surface area (TPSA) is 116 Å². The highest BCUT2D eigenvalue weighted by atomic mass is 32.2. The molecular formula is C11H16N2O5S. The molecule has 1 atom stereocenters. The summed E-state index contributed by atoms with van der Waals surface area (Å²) in [6.07, 6.45) is -0.696. The van der Waals surface area contributed by atoms with Gasteiger partial charge in [0.2, 0.25) is 15.9 Å². The second kappa shape index (κ2) is 6.00. The van der Waals surface area contributed by atoms with Crippen molar-refractivity contribution in [3.63, 3.8) is 0 Å². The van der Waals surface area contributed by atoms with E-state index in [1.807, 2.05) is 0 Å². The van der Waals surface area contributed by atoms with E-state index < -0.39 is 28.1 Å². The van der Waals surface area contributed by atoms with E-state index in [0.717, 1.165) is 6.26 Å². The first-order valence-electron chi connectivity index (χ1n) is 5.44. The van der Waals surface area contributed by atoms with Crippen molar-refractivity contribution in [2.45, 2.75) is 13.2 Å². The fourth-order valence-corrected chi connectivity index (χ4v) is 1.79. The van der Waals surface area contributed by atoms with Crippen LogP contribution in [0.4, 0.5) is 11.4 Å². The molecule has 1 aromatic carbocycles. The lowest BCUT2D eigenvalue weighted by Crippen LogP contribution is -2.30. The van der Waals surface area contributed by atoms with Gasteiger partial charge < -0.3 is 15.5 Å². The smallest absolute Gasteiger partial charge is 0.232 e. The lowest BCUT2D eigenvalue weighted by atomic mass is 10.1. The molecule has 1 rings (SSSR count). The van der Waals surface area contributed by atoms with Crippen molar-refractivity contribution >= 4 is 27.3 Å². The number of nitrogens with one attached hydrogen (secondary N) is 2. The SMILES string of the molecule is CC(C(=O)Nc1ccc(NS(C)(=O)=O)cc1)C(O)O. The second-order valence-electron chi connectivity index (χ2n) is 4.14. The Hall–Kier alpha value is -1.64. The molecule has 0 fully saturated rings. The molecule has 0 aliphatic heterocycles. The third-order valence-corrected chi connectivity index (χ3v) is 2.92. The maximum atomic E-state index is 11.5. The van der Waals surface area contributed by atoms with Crippen molar-refractivity contribution < 1.29 is 23.4 Å². The Morgan fingerprint density at radius 2 is 1.63 bits per heavy atom. The predicted molar refractivity (Wildman–Crippen MR) is 70.9 cm³/mol. The standard InChI is InChI=1S/C11H16N2O5S/c1-7(11(15)16)10(14)12-8-3-5-9(6-4-8)13-19(2,17)18/h3-7,11,13,15-16H,1-2H3,(H,12,14). The van der Waals surface area contributed by atoms with Gasteiger partial charge >= 0.3 is 0 Å². The van der Waals surface area contributed by atoms with E-state index in [9.17, 15) is 13.2 Å². The number of benzene rings is 1. The van der Waals surface area contributed by atoms with Gasteiger partial charge in [0, 0.05) is 11.4 Å². The van der Waals surface area contributed by atoms with Crippen LogP contribution in [0.3, 0.4) is 0 Å². The summed E-state index contributed by atoms with van der Waals surface area (Å²) in [7, 11) is -3.34. The van der Waals surface area contributed by atoms with Gasteiger partial charge in [-0.05, 0) is 31.2 Å². The van der Waals surface area contributed by atoms with Crippen LogP contribution in [0.5, 0.6) is 0 Å². The maximum absolute atomic E-state index is 11.5. The van der Waals surface area contributed by atoms with E-state index >= 15 is 0 Å². The summed E-state index contributed by atoms with van der Waals surface area (Å²) >= 11 is 0. The van der Waals surface area contributed by atoms with Crippen LogP contribution in [0, 0.1) is 5.92 Å². The molecule has 0 aliphatic carbocycles. The van der Waals surface area contributed by atoms with Gasteiger partial charge in [-0.25, -0.2) is 8.42 Å². The molecule has 0 radical (unpaired) electrons. The quantitative estimate of drug-likeness (QED) is 0.567. The third-order valence-electron chi connectivity index (χ3n) is 2.32. The van der Waals surface area contributed by atoms with Crippen molar-refractivity contribution in [2.24, 2.45) is 5.92 Å². The number of sulfonamides is 1. The Kier molecular flexibility index (Phi) is 4.87. The van der Waals surface area contributed by atoms with Crippen LogP contribution in [0.2, 0.25) is 0 Å². The van der Waals surface area contributed by atoms with E-state index in [-0.39, 0.29) is 0 Å². The molecule has 0 aromatic heterocycles. The van der Waals surface area contributed by atoms with Crippen molar-refractivity contribution in [1.82, 2.24) is 0 Å². The van der Waals surface area contributed by atoms with Crippen LogP contribution in [-0.4, -0.2) is 37.1 Å². The number of hydrogen-bond acceptors (Lipinski definition) is 5. The van der Waals surface area contributed by atoms with Gasteiger partial charge in [0.15, 0.2) is 6.29 Å². The molecule has 7 nitrogen and oxygen atoms in total. The predicted octanol–water partition coefficient (Wildman–Crippen LogP) is -0.0566. The van der Waals surface area contributed by atoms with Crippen LogP contribution < -0.4 is 10.0 Å². The summed E-state index contributed by atoms with van der Waals surface area (Å²) in [4.78, 5) is 11.5. The Morgan fingerprint density at radius 3 is 2.05 bits per heavy atom. The first-order valence-corrected chi connectivity index (χ1v) is 7.33. The van der Waals surface area contributed by atoms with E-state index in [1.165, 1.54) is 31.2 Å². The summed E-state index contributed by atoms with van der Waals surface area (Å²) in [6, 6.07) is 5.97. The minimum Gasteiger partial charge on any atom is -0.367 e. The molecule has 0 saturated heterocycles. The number of aliphatic hydroxyl groups excluding tert-OH is 1. The summed E-state index contributed by atoms with van der Waals surface area (Å²) in [5.74, 6) is -1.51. The number of hydrogen-bond donors (Lipinski definition) is 4. The van der Waals surface area contributed by atoms with Gasteiger partial charge in [-0.1, -0.05) is 0 Å². The zero-order chi connectivity index (χ0) is 14.6. The van der Waals surface area contributed by atoms with Crippen molar-refractivity contribution in [3.8, 4) is 0 Å². The number of amides is 1. The third kappa shape index (κ3) is 5.25. The molecular weight excluding hydrogens is 272 g/mol. The van der Waals surface area contributed by atoms with Gasteiger partial charge in [0.05, 0.1) is 12.2 Å². The number of anilines is 2. The minimum atomic E-state index is -3.34. The molecule has 1 unspecified atom stereocenters. The average Bonchev–Trinajstić information content (AvgIpc) is 2.28. The number of carbonyl (C=O) groups is 1. The Labute approximate surface area is 111 Å². The molecule has 106 valence electrons. The van der Waals surface area contributed by atoms with E-state index in [4.69, 9.17) is 10.2 Å². The minimum absolute atomic E-state index is 0.371. The summed E-state index contributed by atoms with van der Waals surface area (Å²) in [5.41, 5.74) is 0.798. The van der Waals surface area contributed by atoms with Gasteiger partial charge in [-0.15, -0.1) is 0 Å². The Bertz CT molecular complexity index is 539. The van der Waals surface area contributed by atoms with Crippen LogP contribution in [0.25, 0.3) is 0 Å². The first kappa shape index (κ1) is 15.4. The van der Waals surface area contributed by atoms with Crippen molar-refractivity contribution in [3.05, 3.63) is 24.3 Å². The zero-order valence-corrected chi connectivity index (χ0v) is 11.3. The van der Waals surface area contributed by atoms with Gasteiger partial charge in [-0.2, -0.15) is 0 Å².